The number of aromatic nitrogens is 2. The minimum Gasteiger partial charge on any atom is -0.325 e. The molecule has 29 heavy (non-hydrogen) atoms. The molecule has 1 amide bonds. The highest BCUT2D eigenvalue weighted by Crippen LogP contribution is 2.22. The second-order valence-corrected chi connectivity index (χ2v) is 9.19. The third kappa shape index (κ3) is 5.56. The van der Waals surface area contributed by atoms with Gasteiger partial charge in [-0.15, -0.1) is 11.8 Å². The van der Waals surface area contributed by atoms with Gasteiger partial charge in [0.2, 0.25) is 5.91 Å². The smallest absolute Gasteiger partial charge is 0.262 e. The molecule has 0 spiro atoms. The lowest BCUT2D eigenvalue weighted by molar-refractivity contribution is -0.113. The molecule has 0 aliphatic heterocycles. The van der Waals surface area contributed by atoms with E-state index in [1.807, 2.05) is 44.4 Å². The number of halogens is 1. The zero-order valence-corrected chi connectivity index (χ0v) is 18.8. The van der Waals surface area contributed by atoms with E-state index in [-0.39, 0.29) is 23.1 Å². The molecule has 152 valence electrons. The third-order valence-electron chi connectivity index (χ3n) is 4.11. The maximum atomic E-state index is 13.0. The normalized spacial score (nSPS) is 11.2. The average Bonchev–Trinajstić information content (AvgIpc) is 2.69. The van der Waals surface area contributed by atoms with Crippen molar-refractivity contribution in [1.29, 1.82) is 0 Å². The van der Waals surface area contributed by atoms with Crippen LogP contribution in [0.1, 0.15) is 13.8 Å². The number of carbonyl (C=O) groups excluding carboxylic acids is 1. The number of thioether (sulfide) groups is 2. The van der Waals surface area contributed by atoms with Crippen molar-refractivity contribution in [3.8, 4) is 0 Å². The molecule has 0 fully saturated rings. The zero-order valence-electron chi connectivity index (χ0n) is 16.4. The van der Waals surface area contributed by atoms with Gasteiger partial charge in [-0.25, -0.2) is 4.98 Å². The van der Waals surface area contributed by atoms with Crippen LogP contribution >= 0.6 is 35.1 Å². The van der Waals surface area contributed by atoms with Crippen molar-refractivity contribution in [3.63, 3.8) is 0 Å². The van der Waals surface area contributed by atoms with E-state index in [0.717, 1.165) is 10.6 Å². The predicted molar refractivity (Wildman–Crippen MR) is 123 cm³/mol. The molecule has 0 saturated carbocycles. The van der Waals surface area contributed by atoms with Gasteiger partial charge in [-0.05, 0) is 48.6 Å². The largest absolute Gasteiger partial charge is 0.325 e. The van der Waals surface area contributed by atoms with Crippen LogP contribution in [0.5, 0.6) is 0 Å². The van der Waals surface area contributed by atoms with Crippen molar-refractivity contribution in [2.75, 3.05) is 17.3 Å². The second kappa shape index (κ2) is 9.69. The lowest BCUT2D eigenvalue weighted by Crippen LogP contribution is -2.26. The Kier molecular flexibility index (Phi) is 7.27. The summed E-state index contributed by atoms with van der Waals surface area (Å²) >= 11 is 8.93. The number of anilines is 1. The average molecular weight is 448 g/mol. The van der Waals surface area contributed by atoms with Crippen molar-refractivity contribution in [1.82, 2.24) is 9.55 Å². The first kappa shape index (κ1) is 21.7. The summed E-state index contributed by atoms with van der Waals surface area (Å²) in [6.07, 6.45) is 1.99. The Bertz CT molecular complexity index is 1100. The van der Waals surface area contributed by atoms with Crippen molar-refractivity contribution in [2.24, 2.45) is 5.92 Å². The molecule has 1 N–H and O–H groups in total. The molecule has 5 nitrogen and oxygen atoms in total. The molecule has 1 aromatic heterocycles. The van der Waals surface area contributed by atoms with Crippen LogP contribution in [0.15, 0.2) is 57.3 Å². The number of carbonyl (C=O) groups is 1. The highest BCUT2D eigenvalue weighted by atomic mass is 35.5. The molecule has 1 heterocycles. The van der Waals surface area contributed by atoms with Gasteiger partial charge in [0.05, 0.1) is 16.7 Å². The van der Waals surface area contributed by atoms with E-state index in [0.29, 0.717) is 27.6 Å². The number of fused-ring (bicyclic) bond motifs is 1. The first-order valence-corrected chi connectivity index (χ1v) is 11.7. The standard InChI is InChI=1S/C21H22ClN3O2S2/c1-13(2)11-25-20(27)17-9-14(22)7-8-18(17)24-21(25)29-12-19(26)23-15-5-4-6-16(10-15)28-3/h4-10,13H,11-12H2,1-3H3,(H,23,26). The monoisotopic (exact) mass is 447 g/mol. The summed E-state index contributed by atoms with van der Waals surface area (Å²) in [5.41, 5.74) is 1.19. The van der Waals surface area contributed by atoms with E-state index in [2.05, 4.69) is 10.3 Å². The number of rotatable bonds is 7. The second-order valence-electron chi connectivity index (χ2n) is 6.93. The number of amides is 1. The van der Waals surface area contributed by atoms with Crippen LogP contribution in [0, 0.1) is 5.92 Å². The fourth-order valence-electron chi connectivity index (χ4n) is 2.84. The molecular weight excluding hydrogens is 426 g/mol. The van der Waals surface area contributed by atoms with Gasteiger partial charge >= 0.3 is 0 Å². The topological polar surface area (TPSA) is 64.0 Å². The van der Waals surface area contributed by atoms with Crippen molar-refractivity contribution in [3.05, 3.63) is 57.8 Å². The molecule has 3 aromatic rings. The number of hydrogen-bond acceptors (Lipinski definition) is 5. The Morgan fingerprint density at radius 3 is 2.76 bits per heavy atom. The molecule has 2 aromatic carbocycles. The molecule has 0 bridgehead atoms. The Hall–Kier alpha value is -1.96. The van der Waals surface area contributed by atoms with Gasteiger partial charge in [-0.2, -0.15) is 0 Å². The first-order chi connectivity index (χ1) is 13.9. The van der Waals surface area contributed by atoms with Crippen LogP contribution in [-0.2, 0) is 11.3 Å². The van der Waals surface area contributed by atoms with Gasteiger partial charge in [0.15, 0.2) is 5.16 Å². The van der Waals surface area contributed by atoms with Gasteiger partial charge in [-0.1, -0.05) is 43.3 Å². The minimum absolute atomic E-state index is 0.137. The molecule has 0 saturated heterocycles. The zero-order chi connectivity index (χ0) is 21.0. The lowest BCUT2D eigenvalue weighted by atomic mass is 10.2. The highest BCUT2D eigenvalue weighted by molar-refractivity contribution is 7.99. The van der Waals surface area contributed by atoms with E-state index in [1.165, 1.54) is 11.8 Å². The van der Waals surface area contributed by atoms with Crippen LogP contribution < -0.4 is 10.9 Å². The molecular formula is C21H22ClN3O2S2. The molecule has 8 heteroatoms. The van der Waals surface area contributed by atoms with E-state index >= 15 is 0 Å². The quantitative estimate of drug-likeness (QED) is 0.400. The Labute approximate surface area is 183 Å². The minimum atomic E-state index is -0.144. The summed E-state index contributed by atoms with van der Waals surface area (Å²) in [5.74, 6) is 0.274. The summed E-state index contributed by atoms with van der Waals surface area (Å²) in [6.45, 7) is 4.59. The SMILES string of the molecule is CSc1cccc(NC(=O)CSc2nc3ccc(Cl)cc3c(=O)n2CC(C)C)c1. The molecule has 0 aliphatic carbocycles. The summed E-state index contributed by atoms with van der Waals surface area (Å²) in [7, 11) is 0. The van der Waals surface area contributed by atoms with Crippen molar-refractivity contribution in [2.45, 2.75) is 30.4 Å². The Balaban J connectivity index is 1.83. The summed E-state index contributed by atoms with van der Waals surface area (Å²) in [4.78, 5) is 31.1. The Morgan fingerprint density at radius 1 is 1.24 bits per heavy atom. The third-order valence-corrected chi connectivity index (χ3v) is 6.05. The van der Waals surface area contributed by atoms with Gasteiger partial charge in [-0.3, -0.25) is 14.2 Å². The fourth-order valence-corrected chi connectivity index (χ4v) is 4.28. The highest BCUT2D eigenvalue weighted by Gasteiger charge is 2.15. The van der Waals surface area contributed by atoms with Crippen LogP contribution in [0.4, 0.5) is 5.69 Å². The number of benzene rings is 2. The molecule has 0 unspecified atom stereocenters. The van der Waals surface area contributed by atoms with Gasteiger partial charge in [0, 0.05) is 22.2 Å². The van der Waals surface area contributed by atoms with E-state index < -0.39 is 0 Å². The summed E-state index contributed by atoms with van der Waals surface area (Å²) in [6, 6.07) is 12.8. The van der Waals surface area contributed by atoms with Crippen molar-refractivity contribution >= 4 is 57.6 Å². The van der Waals surface area contributed by atoms with Crippen LogP contribution in [0.25, 0.3) is 10.9 Å². The summed E-state index contributed by atoms with van der Waals surface area (Å²) < 4.78 is 1.63. The van der Waals surface area contributed by atoms with Gasteiger partial charge < -0.3 is 5.32 Å². The maximum Gasteiger partial charge on any atom is 0.262 e. The molecule has 0 atom stereocenters. The fraction of sp³-hybridized carbons (Fsp3) is 0.286. The van der Waals surface area contributed by atoms with Gasteiger partial charge in [0.1, 0.15) is 0 Å². The maximum absolute atomic E-state index is 13.0. The lowest BCUT2D eigenvalue weighted by Gasteiger charge is -2.15. The number of hydrogen-bond donors (Lipinski definition) is 1. The van der Waals surface area contributed by atoms with Crippen LogP contribution in [0.2, 0.25) is 5.02 Å². The predicted octanol–water partition coefficient (Wildman–Crippen LogP) is 5.16. The first-order valence-electron chi connectivity index (χ1n) is 9.14. The summed E-state index contributed by atoms with van der Waals surface area (Å²) in [5, 5.41) is 4.42. The van der Waals surface area contributed by atoms with E-state index in [1.54, 1.807) is 34.5 Å². The molecule has 0 radical (unpaired) electrons. The number of nitrogens with one attached hydrogen (secondary N) is 1. The molecule has 0 aliphatic rings. The van der Waals surface area contributed by atoms with E-state index in [4.69, 9.17) is 11.6 Å². The van der Waals surface area contributed by atoms with Gasteiger partial charge in [0.25, 0.3) is 5.56 Å². The van der Waals surface area contributed by atoms with Crippen LogP contribution in [0.3, 0.4) is 0 Å². The number of nitrogens with zero attached hydrogens (tertiary/aromatic N) is 2. The van der Waals surface area contributed by atoms with E-state index in [9.17, 15) is 9.59 Å². The molecule has 3 rings (SSSR count). The van der Waals surface area contributed by atoms with Crippen LogP contribution in [-0.4, -0.2) is 27.5 Å². The Morgan fingerprint density at radius 2 is 2.03 bits per heavy atom. The van der Waals surface area contributed by atoms with Crippen molar-refractivity contribution < 1.29 is 4.79 Å².